The van der Waals surface area contributed by atoms with Gasteiger partial charge >= 0.3 is 0 Å². The number of likely N-dealkylation sites (tertiary alicyclic amines) is 1. The fraction of sp³-hybridized carbons (Fsp3) is 0.833. The van der Waals surface area contributed by atoms with Crippen molar-refractivity contribution in [2.75, 3.05) is 32.9 Å². The summed E-state index contributed by atoms with van der Waals surface area (Å²) in [5.41, 5.74) is 0. The molecule has 1 aliphatic heterocycles. The molecule has 1 fully saturated rings. The molecule has 1 atom stereocenters. The Morgan fingerprint density at radius 1 is 1.45 bits per heavy atom. The zero-order valence-corrected chi connectivity index (χ0v) is 13.1. The third kappa shape index (κ3) is 3.56. The Hall–Kier alpha value is -0.990. The third-order valence-electron chi connectivity index (χ3n) is 3.61. The van der Waals surface area contributed by atoms with Gasteiger partial charge in [-0.15, -0.1) is 0 Å². The molecule has 0 amide bonds. The van der Waals surface area contributed by atoms with Crippen LogP contribution in [-0.2, 0) is 10.0 Å². The summed E-state index contributed by atoms with van der Waals surface area (Å²) < 4.78 is 29.8. The van der Waals surface area contributed by atoms with Crippen molar-refractivity contribution in [2.24, 2.45) is 0 Å². The van der Waals surface area contributed by atoms with Crippen molar-refractivity contribution in [1.29, 1.82) is 0 Å². The van der Waals surface area contributed by atoms with Crippen molar-refractivity contribution < 1.29 is 12.9 Å². The molecule has 0 radical (unpaired) electrons. The molecule has 2 rings (SSSR count). The fourth-order valence-corrected chi connectivity index (χ4v) is 3.33. The molecule has 1 saturated heterocycles. The lowest BCUT2D eigenvalue weighted by atomic mass is 10.2. The Balaban J connectivity index is 1.89. The van der Waals surface area contributed by atoms with Crippen LogP contribution in [0.3, 0.4) is 0 Å². The van der Waals surface area contributed by atoms with E-state index in [4.69, 9.17) is 4.52 Å². The second-order valence-electron chi connectivity index (χ2n) is 5.32. The van der Waals surface area contributed by atoms with Crippen LogP contribution >= 0.6 is 0 Å². The summed E-state index contributed by atoms with van der Waals surface area (Å²) in [4.78, 5) is 6.53. The summed E-state index contributed by atoms with van der Waals surface area (Å²) >= 11 is 0. The SMILES string of the molecule is Cc1nc([C@@H]2CCCN2CCCS(=O)(=O)N(C)C)no1. The lowest BCUT2D eigenvalue weighted by Gasteiger charge is -2.22. The Labute approximate surface area is 120 Å². The van der Waals surface area contributed by atoms with Crippen LogP contribution in [0, 0.1) is 6.92 Å². The summed E-state index contributed by atoms with van der Waals surface area (Å²) in [6.45, 7) is 3.48. The van der Waals surface area contributed by atoms with Crippen LogP contribution in [0.25, 0.3) is 0 Å². The number of hydrogen-bond acceptors (Lipinski definition) is 6. The number of sulfonamides is 1. The molecule has 114 valence electrons. The molecule has 1 aromatic rings. The van der Waals surface area contributed by atoms with Crippen molar-refractivity contribution in [2.45, 2.75) is 32.2 Å². The third-order valence-corrected chi connectivity index (χ3v) is 5.53. The molecule has 0 spiro atoms. The molecule has 0 unspecified atom stereocenters. The second-order valence-corrected chi connectivity index (χ2v) is 7.62. The average molecular weight is 302 g/mol. The van der Waals surface area contributed by atoms with Gasteiger partial charge in [0.2, 0.25) is 15.9 Å². The lowest BCUT2D eigenvalue weighted by molar-refractivity contribution is 0.243. The summed E-state index contributed by atoms with van der Waals surface area (Å²) in [5, 5.41) is 3.98. The van der Waals surface area contributed by atoms with Crippen LogP contribution in [0.15, 0.2) is 4.52 Å². The van der Waals surface area contributed by atoms with Crippen LogP contribution < -0.4 is 0 Å². The quantitative estimate of drug-likeness (QED) is 0.773. The van der Waals surface area contributed by atoms with Crippen molar-refractivity contribution in [3.63, 3.8) is 0 Å². The van der Waals surface area contributed by atoms with E-state index < -0.39 is 10.0 Å². The zero-order chi connectivity index (χ0) is 14.8. The predicted molar refractivity (Wildman–Crippen MR) is 74.7 cm³/mol. The van der Waals surface area contributed by atoms with Gasteiger partial charge in [-0.05, 0) is 32.4 Å². The summed E-state index contributed by atoms with van der Waals surface area (Å²) in [7, 11) is 0.0201. The monoisotopic (exact) mass is 302 g/mol. The van der Waals surface area contributed by atoms with Crippen molar-refractivity contribution in [1.82, 2.24) is 19.3 Å². The molecular formula is C12H22N4O3S. The number of aryl methyl sites for hydroxylation is 1. The van der Waals surface area contributed by atoms with E-state index in [1.807, 2.05) is 0 Å². The van der Waals surface area contributed by atoms with Gasteiger partial charge in [-0.3, -0.25) is 4.90 Å². The van der Waals surface area contributed by atoms with Gasteiger partial charge in [-0.2, -0.15) is 4.98 Å². The van der Waals surface area contributed by atoms with Crippen molar-refractivity contribution >= 4 is 10.0 Å². The lowest BCUT2D eigenvalue weighted by Crippen LogP contribution is -2.30. The highest BCUT2D eigenvalue weighted by molar-refractivity contribution is 7.89. The molecule has 8 heteroatoms. The molecule has 0 aromatic carbocycles. The van der Waals surface area contributed by atoms with E-state index in [-0.39, 0.29) is 11.8 Å². The molecule has 0 bridgehead atoms. The van der Waals surface area contributed by atoms with Crippen LogP contribution in [0.2, 0.25) is 0 Å². The highest BCUT2D eigenvalue weighted by atomic mass is 32.2. The molecule has 20 heavy (non-hydrogen) atoms. The Bertz CT molecular complexity index is 541. The molecule has 0 N–H and O–H groups in total. The zero-order valence-electron chi connectivity index (χ0n) is 12.2. The van der Waals surface area contributed by atoms with E-state index in [2.05, 4.69) is 15.0 Å². The van der Waals surface area contributed by atoms with E-state index in [1.54, 1.807) is 21.0 Å². The maximum absolute atomic E-state index is 11.7. The van der Waals surface area contributed by atoms with Gasteiger partial charge in [-0.1, -0.05) is 5.16 Å². The van der Waals surface area contributed by atoms with Crippen LogP contribution in [0.1, 0.15) is 37.0 Å². The van der Waals surface area contributed by atoms with Gasteiger partial charge < -0.3 is 4.52 Å². The predicted octanol–water partition coefficient (Wildman–Crippen LogP) is 0.796. The summed E-state index contributed by atoms with van der Waals surface area (Å²) in [6, 6.07) is 0.162. The normalized spacial score (nSPS) is 20.9. The van der Waals surface area contributed by atoms with Gasteiger partial charge in [0.05, 0.1) is 11.8 Å². The standard InChI is InChI=1S/C12H22N4O3S/c1-10-13-12(14-19-10)11-6-4-7-16(11)8-5-9-20(17,18)15(2)3/h11H,4-9H2,1-3H3/t11-/m0/s1. The number of aromatic nitrogens is 2. The molecular weight excluding hydrogens is 280 g/mol. The van der Waals surface area contributed by atoms with Gasteiger partial charge in [-0.25, -0.2) is 12.7 Å². The minimum Gasteiger partial charge on any atom is -0.340 e. The number of hydrogen-bond donors (Lipinski definition) is 0. The Morgan fingerprint density at radius 2 is 2.20 bits per heavy atom. The van der Waals surface area contributed by atoms with Gasteiger partial charge in [0.25, 0.3) is 0 Å². The first-order valence-electron chi connectivity index (χ1n) is 6.84. The Morgan fingerprint density at radius 3 is 2.80 bits per heavy atom. The maximum Gasteiger partial charge on any atom is 0.223 e. The minimum atomic E-state index is -3.11. The first-order chi connectivity index (χ1) is 9.40. The van der Waals surface area contributed by atoms with Gasteiger partial charge in [0.15, 0.2) is 5.82 Å². The Kier molecular flexibility index (Phi) is 4.77. The summed E-state index contributed by atoms with van der Waals surface area (Å²) in [6.07, 6.45) is 2.70. The first-order valence-corrected chi connectivity index (χ1v) is 8.45. The van der Waals surface area contributed by atoms with E-state index in [0.29, 0.717) is 12.3 Å². The van der Waals surface area contributed by atoms with E-state index >= 15 is 0 Å². The van der Waals surface area contributed by atoms with Crippen molar-refractivity contribution in [3.8, 4) is 0 Å². The van der Waals surface area contributed by atoms with E-state index in [1.165, 1.54) is 4.31 Å². The summed E-state index contributed by atoms with van der Waals surface area (Å²) in [5.74, 6) is 1.46. The topological polar surface area (TPSA) is 79.5 Å². The van der Waals surface area contributed by atoms with Crippen LogP contribution in [-0.4, -0.2) is 60.7 Å². The number of nitrogens with zero attached hydrogens (tertiary/aromatic N) is 4. The average Bonchev–Trinajstić information content (AvgIpc) is 2.97. The highest BCUT2D eigenvalue weighted by Gasteiger charge is 2.29. The first kappa shape index (κ1) is 15.4. The minimum absolute atomic E-state index is 0.162. The van der Waals surface area contributed by atoms with Gasteiger partial charge in [0.1, 0.15) is 0 Å². The second kappa shape index (κ2) is 6.19. The highest BCUT2D eigenvalue weighted by Crippen LogP contribution is 2.29. The van der Waals surface area contributed by atoms with E-state index in [0.717, 1.165) is 31.8 Å². The fourth-order valence-electron chi connectivity index (χ4n) is 2.47. The molecule has 0 saturated carbocycles. The smallest absolute Gasteiger partial charge is 0.223 e. The number of rotatable bonds is 6. The van der Waals surface area contributed by atoms with Crippen LogP contribution in [0.5, 0.6) is 0 Å². The molecule has 1 aromatic heterocycles. The van der Waals surface area contributed by atoms with Gasteiger partial charge in [0, 0.05) is 21.0 Å². The molecule has 7 nitrogen and oxygen atoms in total. The van der Waals surface area contributed by atoms with E-state index in [9.17, 15) is 8.42 Å². The maximum atomic E-state index is 11.7. The molecule has 0 aliphatic carbocycles. The van der Waals surface area contributed by atoms with Crippen molar-refractivity contribution in [3.05, 3.63) is 11.7 Å². The largest absolute Gasteiger partial charge is 0.340 e. The molecule has 2 heterocycles. The molecule has 1 aliphatic rings. The van der Waals surface area contributed by atoms with Crippen LogP contribution in [0.4, 0.5) is 0 Å².